The second kappa shape index (κ2) is 8.39. The summed E-state index contributed by atoms with van der Waals surface area (Å²) in [6.07, 6.45) is 0.903. The van der Waals surface area contributed by atoms with Crippen molar-refractivity contribution < 1.29 is 9.21 Å². The number of aliphatic imine (C=N–C) groups is 1. The number of para-hydroxylation sites is 1. The molecular formula is C23H26N4O2. The van der Waals surface area contributed by atoms with Gasteiger partial charge in [-0.15, -0.1) is 0 Å². The summed E-state index contributed by atoms with van der Waals surface area (Å²) in [5.74, 6) is 1.52. The van der Waals surface area contributed by atoms with E-state index >= 15 is 0 Å². The highest BCUT2D eigenvalue weighted by Crippen LogP contribution is 2.24. The van der Waals surface area contributed by atoms with Crippen molar-refractivity contribution in [2.45, 2.75) is 26.4 Å². The Hall–Kier alpha value is -3.28. The number of hydrogen-bond donors (Lipinski definition) is 2. The fourth-order valence-corrected chi connectivity index (χ4v) is 3.76. The van der Waals surface area contributed by atoms with Crippen molar-refractivity contribution >= 4 is 22.8 Å². The lowest BCUT2D eigenvalue weighted by Gasteiger charge is -2.29. The third-order valence-corrected chi connectivity index (χ3v) is 5.47. The first-order chi connectivity index (χ1) is 14.2. The Morgan fingerprint density at radius 3 is 2.66 bits per heavy atom. The molecule has 0 fully saturated rings. The van der Waals surface area contributed by atoms with Gasteiger partial charge in [-0.3, -0.25) is 9.79 Å². The highest BCUT2D eigenvalue weighted by Gasteiger charge is 2.20. The van der Waals surface area contributed by atoms with Crippen LogP contribution in [0.4, 0.5) is 0 Å². The first kappa shape index (κ1) is 19.1. The fraction of sp³-hybridized carbons (Fsp3) is 0.304. The van der Waals surface area contributed by atoms with E-state index in [4.69, 9.17) is 4.42 Å². The minimum absolute atomic E-state index is 0.0716. The van der Waals surface area contributed by atoms with E-state index in [1.54, 1.807) is 7.05 Å². The standard InChI is InChI=1S/C23H26N4O2/c1-16-19-9-5-6-10-20(19)29-21(16)13-25-23(24-2)26-14-22(28)27-12-11-17-7-3-4-8-18(17)15-27/h3-10H,11-15H2,1-2H3,(H2,24,25,26). The molecule has 1 amide bonds. The topological polar surface area (TPSA) is 69.9 Å². The van der Waals surface area contributed by atoms with Gasteiger partial charge in [0.15, 0.2) is 5.96 Å². The van der Waals surface area contributed by atoms with Crippen LogP contribution in [0.25, 0.3) is 11.0 Å². The van der Waals surface area contributed by atoms with Gasteiger partial charge >= 0.3 is 0 Å². The summed E-state index contributed by atoms with van der Waals surface area (Å²) in [5, 5.41) is 7.47. The van der Waals surface area contributed by atoms with Crippen LogP contribution >= 0.6 is 0 Å². The summed E-state index contributed by atoms with van der Waals surface area (Å²) in [6, 6.07) is 16.3. The number of guanidine groups is 1. The highest BCUT2D eigenvalue weighted by molar-refractivity contribution is 5.87. The van der Waals surface area contributed by atoms with Crippen LogP contribution in [0, 0.1) is 6.92 Å². The molecule has 4 rings (SSSR count). The number of aryl methyl sites for hydroxylation is 1. The van der Waals surface area contributed by atoms with E-state index < -0.39 is 0 Å². The number of rotatable bonds is 4. The number of fused-ring (bicyclic) bond motifs is 2. The molecule has 0 atom stereocenters. The number of hydrogen-bond acceptors (Lipinski definition) is 3. The lowest BCUT2D eigenvalue weighted by Crippen LogP contribution is -2.45. The molecule has 29 heavy (non-hydrogen) atoms. The first-order valence-corrected chi connectivity index (χ1v) is 9.92. The maximum atomic E-state index is 12.6. The highest BCUT2D eigenvalue weighted by atomic mass is 16.3. The van der Waals surface area contributed by atoms with Crippen LogP contribution in [-0.2, 0) is 24.3 Å². The predicted molar refractivity (Wildman–Crippen MR) is 115 cm³/mol. The molecule has 2 aromatic carbocycles. The number of nitrogens with one attached hydrogen (secondary N) is 2. The molecule has 150 valence electrons. The normalized spacial score (nSPS) is 14.0. The smallest absolute Gasteiger partial charge is 0.242 e. The molecule has 0 spiro atoms. The molecule has 0 saturated heterocycles. The van der Waals surface area contributed by atoms with Crippen molar-refractivity contribution in [3.05, 3.63) is 71.0 Å². The monoisotopic (exact) mass is 390 g/mol. The van der Waals surface area contributed by atoms with Gasteiger partial charge in [0.1, 0.15) is 11.3 Å². The number of furan rings is 1. The maximum absolute atomic E-state index is 12.6. The Morgan fingerprint density at radius 2 is 1.86 bits per heavy atom. The Balaban J connectivity index is 1.31. The van der Waals surface area contributed by atoms with E-state index in [0.717, 1.165) is 35.3 Å². The van der Waals surface area contributed by atoms with Crippen molar-refractivity contribution in [1.29, 1.82) is 0 Å². The average molecular weight is 390 g/mol. The largest absolute Gasteiger partial charge is 0.459 e. The van der Waals surface area contributed by atoms with E-state index in [1.807, 2.05) is 29.2 Å². The molecule has 3 aromatic rings. The fourth-order valence-electron chi connectivity index (χ4n) is 3.76. The zero-order valence-corrected chi connectivity index (χ0v) is 16.9. The molecule has 1 aromatic heterocycles. The van der Waals surface area contributed by atoms with Gasteiger partial charge in [0.25, 0.3) is 0 Å². The van der Waals surface area contributed by atoms with E-state index in [-0.39, 0.29) is 12.5 Å². The van der Waals surface area contributed by atoms with E-state index in [9.17, 15) is 4.79 Å². The van der Waals surface area contributed by atoms with Crippen LogP contribution in [0.5, 0.6) is 0 Å². The first-order valence-electron chi connectivity index (χ1n) is 9.92. The molecule has 2 N–H and O–H groups in total. The molecule has 0 radical (unpaired) electrons. The number of amides is 1. The van der Waals surface area contributed by atoms with Crippen LogP contribution in [0.1, 0.15) is 22.5 Å². The summed E-state index contributed by atoms with van der Waals surface area (Å²) in [6.45, 7) is 4.19. The maximum Gasteiger partial charge on any atom is 0.242 e. The predicted octanol–water partition coefficient (Wildman–Crippen LogP) is 2.99. The molecule has 1 aliphatic heterocycles. The van der Waals surface area contributed by atoms with Gasteiger partial charge in [0.05, 0.1) is 13.1 Å². The summed E-state index contributed by atoms with van der Waals surface area (Å²) in [7, 11) is 1.70. The van der Waals surface area contributed by atoms with Crippen LogP contribution in [0.15, 0.2) is 57.9 Å². The van der Waals surface area contributed by atoms with Gasteiger partial charge in [-0.25, -0.2) is 0 Å². The molecule has 6 heteroatoms. The zero-order valence-electron chi connectivity index (χ0n) is 16.9. The Kier molecular flexibility index (Phi) is 5.51. The average Bonchev–Trinajstić information content (AvgIpc) is 3.09. The molecule has 2 heterocycles. The quantitative estimate of drug-likeness (QED) is 0.531. The number of benzene rings is 2. The zero-order chi connectivity index (χ0) is 20.2. The molecule has 1 aliphatic rings. The molecule has 0 saturated carbocycles. The molecule has 0 unspecified atom stereocenters. The SMILES string of the molecule is CN=C(NCC(=O)N1CCc2ccccc2C1)NCc1oc2ccccc2c1C. The third-order valence-electron chi connectivity index (χ3n) is 5.47. The number of carbonyl (C=O) groups is 1. The van der Waals surface area contributed by atoms with Crippen LogP contribution in [-0.4, -0.2) is 36.9 Å². The summed E-state index contributed by atoms with van der Waals surface area (Å²) >= 11 is 0. The minimum atomic E-state index is 0.0716. The Labute approximate surface area is 170 Å². The molecule has 0 aliphatic carbocycles. The van der Waals surface area contributed by atoms with Gasteiger partial charge in [-0.05, 0) is 30.5 Å². The van der Waals surface area contributed by atoms with Crippen LogP contribution in [0.2, 0.25) is 0 Å². The van der Waals surface area contributed by atoms with Gasteiger partial charge in [0, 0.05) is 31.1 Å². The van der Waals surface area contributed by atoms with Crippen LogP contribution in [0.3, 0.4) is 0 Å². The van der Waals surface area contributed by atoms with E-state index in [1.165, 1.54) is 11.1 Å². The van der Waals surface area contributed by atoms with Crippen molar-refractivity contribution in [2.75, 3.05) is 20.1 Å². The van der Waals surface area contributed by atoms with Crippen molar-refractivity contribution in [3.8, 4) is 0 Å². The van der Waals surface area contributed by atoms with Crippen LogP contribution < -0.4 is 10.6 Å². The second-order valence-corrected chi connectivity index (χ2v) is 7.26. The Morgan fingerprint density at radius 1 is 1.10 bits per heavy atom. The minimum Gasteiger partial charge on any atom is -0.459 e. The Bertz CT molecular complexity index is 1050. The lowest BCUT2D eigenvalue weighted by molar-refractivity contribution is -0.130. The number of carbonyl (C=O) groups excluding carboxylic acids is 1. The summed E-state index contributed by atoms with van der Waals surface area (Å²) in [4.78, 5) is 18.8. The summed E-state index contributed by atoms with van der Waals surface area (Å²) < 4.78 is 5.93. The van der Waals surface area contributed by atoms with E-state index in [2.05, 4.69) is 46.8 Å². The van der Waals surface area contributed by atoms with Crippen molar-refractivity contribution in [1.82, 2.24) is 15.5 Å². The van der Waals surface area contributed by atoms with Gasteiger partial charge in [-0.1, -0.05) is 42.5 Å². The molecule has 0 bridgehead atoms. The van der Waals surface area contributed by atoms with E-state index in [0.29, 0.717) is 19.0 Å². The van der Waals surface area contributed by atoms with Crippen molar-refractivity contribution in [2.24, 2.45) is 4.99 Å². The second-order valence-electron chi connectivity index (χ2n) is 7.26. The van der Waals surface area contributed by atoms with Gasteiger partial charge in [0.2, 0.25) is 5.91 Å². The number of nitrogens with zero attached hydrogens (tertiary/aromatic N) is 2. The third kappa shape index (κ3) is 4.11. The molecule has 6 nitrogen and oxygen atoms in total. The lowest BCUT2D eigenvalue weighted by atomic mass is 10.00. The van der Waals surface area contributed by atoms with Gasteiger partial charge < -0.3 is 20.0 Å². The summed E-state index contributed by atoms with van der Waals surface area (Å²) in [5.41, 5.74) is 4.56. The van der Waals surface area contributed by atoms with Crippen molar-refractivity contribution in [3.63, 3.8) is 0 Å². The molecular weight excluding hydrogens is 364 g/mol. The van der Waals surface area contributed by atoms with Gasteiger partial charge in [-0.2, -0.15) is 0 Å².